The molecular weight excluding hydrogens is 360 g/mol. The van der Waals surface area contributed by atoms with Crippen LogP contribution in [0.3, 0.4) is 0 Å². The standard InChI is InChI=1S/C21H20N2O3S/c1-3-26-18(24)13-17-19(15-7-5-4-6-8-15)22-21(27-17)23-20(25)16-11-9-14(2)10-12-16/h4-12H,3,13H2,1-2H3,(H,22,23,25). The van der Waals surface area contributed by atoms with Gasteiger partial charge in [0, 0.05) is 16.0 Å². The summed E-state index contributed by atoms with van der Waals surface area (Å²) in [6, 6.07) is 16.9. The molecule has 0 radical (unpaired) electrons. The van der Waals surface area contributed by atoms with Gasteiger partial charge in [0.15, 0.2) is 5.13 Å². The second-order valence-electron chi connectivity index (χ2n) is 5.96. The molecule has 0 saturated heterocycles. The Labute approximate surface area is 162 Å². The first kappa shape index (κ1) is 18.8. The van der Waals surface area contributed by atoms with E-state index in [1.165, 1.54) is 11.3 Å². The van der Waals surface area contributed by atoms with Gasteiger partial charge >= 0.3 is 5.97 Å². The smallest absolute Gasteiger partial charge is 0.311 e. The molecule has 5 nitrogen and oxygen atoms in total. The second kappa shape index (κ2) is 8.60. The molecule has 0 aliphatic carbocycles. The van der Waals surface area contributed by atoms with Crippen LogP contribution < -0.4 is 5.32 Å². The molecule has 0 fully saturated rings. The quantitative estimate of drug-likeness (QED) is 0.641. The summed E-state index contributed by atoms with van der Waals surface area (Å²) in [4.78, 5) is 29.7. The van der Waals surface area contributed by atoms with E-state index in [9.17, 15) is 9.59 Å². The molecule has 0 spiro atoms. The minimum absolute atomic E-state index is 0.121. The van der Waals surface area contributed by atoms with Crippen LogP contribution in [0.5, 0.6) is 0 Å². The van der Waals surface area contributed by atoms with Gasteiger partial charge in [-0.3, -0.25) is 14.9 Å². The summed E-state index contributed by atoms with van der Waals surface area (Å²) in [5.74, 6) is -0.541. The Morgan fingerprint density at radius 1 is 1.07 bits per heavy atom. The number of carbonyl (C=O) groups excluding carboxylic acids is 2. The fourth-order valence-electron chi connectivity index (χ4n) is 2.56. The zero-order valence-electron chi connectivity index (χ0n) is 15.2. The summed E-state index contributed by atoms with van der Waals surface area (Å²) in [6.45, 7) is 4.07. The number of anilines is 1. The van der Waals surface area contributed by atoms with E-state index >= 15 is 0 Å². The monoisotopic (exact) mass is 380 g/mol. The number of amides is 1. The van der Waals surface area contributed by atoms with Crippen molar-refractivity contribution in [3.63, 3.8) is 0 Å². The molecule has 138 valence electrons. The number of aryl methyl sites for hydroxylation is 1. The molecule has 0 saturated carbocycles. The minimum Gasteiger partial charge on any atom is -0.466 e. The Morgan fingerprint density at radius 2 is 1.78 bits per heavy atom. The van der Waals surface area contributed by atoms with Crippen LogP contribution in [0.15, 0.2) is 54.6 Å². The van der Waals surface area contributed by atoms with E-state index in [0.29, 0.717) is 23.0 Å². The van der Waals surface area contributed by atoms with Crippen LogP contribution in [-0.2, 0) is 16.0 Å². The summed E-state index contributed by atoms with van der Waals surface area (Å²) in [7, 11) is 0. The summed E-state index contributed by atoms with van der Waals surface area (Å²) in [5, 5.41) is 3.29. The van der Waals surface area contributed by atoms with E-state index < -0.39 is 0 Å². The third-order valence-electron chi connectivity index (χ3n) is 3.89. The third-order valence-corrected chi connectivity index (χ3v) is 4.86. The van der Waals surface area contributed by atoms with Crippen LogP contribution >= 0.6 is 11.3 Å². The Kier molecular flexibility index (Phi) is 5.98. The lowest BCUT2D eigenvalue weighted by Crippen LogP contribution is -2.11. The van der Waals surface area contributed by atoms with Gasteiger partial charge in [0.25, 0.3) is 5.91 Å². The maximum atomic E-state index is 12.5. The van der Waals surface area contributed by atoms with Crippen molar-refractivity contribution in [2.75, 3.05) is 11.9 Å². The average Bonchev–Trinajstić information content (AvgIpc) is 3.05. The average molecular weight is 380 g/mol. The highest BCUT2D eigenvalue weighted by atomic mass is 32.1. The van der Waals surface area contributed by atoms with Gasteiger partial charge in [-0.05, 0) is 26.0 Å². The molecule has 3 aromatic rings. The molecule has 0 aliphatic rings. The number of esters is 1. The van der Waals surface area contributed by atoms with Crippen molar-refractivity contribution < 1.29 is 14.3 Å². The van der Waals surface area contributed by atoms with Crippen molar-refractivity contribution in [2.45, 2.75) is 20.3 Å². The van der Waals surface area contributed by atoms with Crippen LogP contribution in [-0.4, -0.2) is 23.5 Å². The highest BCUT2D eigenvalue weighted by molar-refractivity contribution is 7.16. The normalized spacial score (nSPS) is 10.4. The lowest BCUT2D eigenvalue weighted by atomic mass is 10.1. The lowest BCUT2D eigenvalue weighted by molar-refractivity contribution is -0.142. The number of thiazole rings is 1. The Hall–Kier alpha value is -2.99. The van der Waals surface area contributed by atoms with Crippen molar-refractivity contribution in [3.8, 4) is 11.3 Å². The first-order valence-electron chi connectivity index (χ1n) is 8.65. The van der Waals surface area contributed by atoms with Crippen molar-refractivity contribution in [2.24, 2.45) is 0 Å². The third kappa shape index (κ3) is 4.80. The highest BCUT2D eigenvalue weighted by Crippen LogP contribution is 2.32. The fourth-order valence-corrected chi connectivity index (χ4v) is 3.53. The first-order valence-corrected chi connectivity index (χ1v) is 9.47. The maximum Gasteiger partial charge on any atom is 0.311 e. The maximum absolute atomic E-state index is 12.5. The predicted molar refractivity (Wildman–Crippen MR) is 107 cm³/mol. The lowest BCUT2D eigenvalue weighted by Gasteiger charge is -2.02. The zero-order valence-corrected chi connectivity index (χ0v) is 16.0. The molecule has 3 rings (SSSR count). The van der Waals surface area contributed by atoms with E-state index in [4.69, 9.17) is 4.74 Å². The number of nitrogens with one attached hydrogen (secondary N) is 1. The van der Waals surface area contributed by atoms with E-state index in [2.05, 4.69) is 10.3 Å². The molecule has 0 unspecified atom stereocenters. The number of carbonyl (C=O) groups is 2. The molecule has 0 bridgehead atoms. The van der Waals surface area contributed by atoms with Gasteiger partial charge < -0.3 is 4.74 Å². The van der Waals surface area contributed by atoms with Gasteiger partial charge in [-0.25, -0.2) is 4.98 Å². The van der Waals surface area contributed by atoms with E-state index in [-0.39, 0.29) is 18.3 Å². The SMILES string of the molecule is CCOC(=O)Cc1sc(NC(=O)c2ccc(C)cc2)nc1-c1ccccc1. The largest absolute Gasteiger partial charge is 0.466 e. The Bertz CT molecular complexity index is 934. The van der Waals surface area contributed by atoms with Crippen molar-refractivity contribution in [1.82, 2.24) is 4.98 Å². The van der Waals surface area contributed by atoms with Crippen molar-refractivity contribution >= 4 is 28.3 Å². The molecular formula is C21H20N2O3S. The Balaban J connectivity index is 1.87. The molecule has 6 heteroatoms. The molecule has 27 heavy (non-hydrogen) atoms. The van der Waals surface area contributed by atoms with Crippen molar-refractivity contribution in [1.29, 1.82) is 0 Å². The summed E-state index contributed by atoms with van der Waals surface area (Å²) < 4.78 is 5.06. The second-order valence-corrected chi connectivity index (χ2v) is 7.04. The molecule has 1 amide bonds. The summed E-state index contributed by atoms with van der Waals surface area (Å²) in [6.07, 6.45) is 0.121. The topological polar surface area (TPSA) is 68.3 Å². The number of ether oxygens (including phenoxy) is 1. The van der Waals surface area contributed by atoms with Gasteiger partial charge in [0.1, 0.15) is 0 Å². The number of rotatable bonds is 6. The molecule has 0 atom stereocenters. The molecule has 1 aromatic heterocycles. The number of hydrogen-bond donors (Lipinski definition) is 1. The van der Waals surface area contributed by atoms with Gasteiger partial charge in [0.2, 0.25) is 0 Å². The predicted octanol–water partition coefficient (Wildman–Crippen LogP) is 4.48. The first-order chi connectivity index (χ1) is 13.1. The van der Waals surface area contributed by atoms with E-state index in [0.717, 1.165) is 16.0 Å². The fraction of sp³-hybridized carbons (Fsp3) is 0.190. The molecule has 1 heterocycles. The van der Waals surface area contributed by atoms with Crippen LogP contribution in [0.25, 0.3) is 11.3 Å². The Morgan fingerprint density at radius 3 is 2.44 bits per heavy atom. The van der Waals surface area contributed by atoms with Gasteiger partial charge in [0.05, 0.1) is 18.7 Å². The zero-order chi connectivity index (χ0) is 19.2. The van der Waals surface area contributed by atoms with Crippen molar-refractivity contribution in [3.05, 3.63) is 70.6 Å². The van der Waals surface area contributed by atoms with Crippen LogP contribution in [0.1, 0.15) is 27.7 Å². The van der Waals surface area contributed by atoms with Gasteiger partial charge in [-0.1, -0.05) is 48.0 Å². The summed E-state index contributed by atoms with van der Waals surface area (Å²) >= 11 is 1.29. The minimum atomic E-state index is -0.310. The van der Waals surface area contributed by atoms with Gasteiger partial charge in [-0.15, -0.1) is 11.3 Å². The van der Waals surface area contributed by atoms with E-state index in [1.54, 1.807) is 19.1 Å². The van der Waals surface area contributed by atoms with Crippen LogP contribution in [0, 0.1) is 6.92 Å². The summed E-state index contributed by atoms with van der Waals surface area (Å²) in [5.41, 5.74) is 3.23. The van der Waals surface area contributed by atoms with Crippen LogP contribution in [0.4, 0.5) is 5.13 Å². The van der Waals surface area contributed by atoms with Gasteiger partial charge in [-0.2, -0.15) is 0 Å². The molecule has 1 N–H and O–H groups in total. The molecule has 2 aromatic carbocycles. The van der Waals surface area contributed by atoms with E-state index in [1.807, 2.05) is 49.4 Å². The molecule has 0 aliphatic heterocycles. The van der Waals surface area contributed by atoms with Crippen LogP contribution in [0.2, 0.25) is 0 Å². The number of aromatic nitrogens is 1. The number of benzene rings is 2. The highest BCUT2D eigenvalue weighted by Gasteiger charge is 2.18. The number of hydrogen-bond acceptors (Lipinski definition) is 5. The number of nitrogens with zero attached hydrogens (tertiary/aromatic N) is 1.